The molecule has 1 aliphatic rings. The molecule has 1 fully saturated rings. The van der Waals surface area contributed by atoms with Crippen molar-refractivity contribution in [2.24, 2.45) is 5.92 Å². The van der Waals surface area contributed by atoms with Crippen molar-refractivity contribution in [2.75, 3.05) is 6.61 Å². The molecule has 0 unspecified atom stereocenters. The first kappa shape index (κ1) is 18.3. The van der Waals surface area contributed by atoms with Crippen molar-refractivity contribution in [1.82, 2.24) is 24.9 Å². The van der Waals surface area contributed by atoms with Gasteiger partial charge in [0.25, 0.3) is 11.7 Å². The predicted molar refractivity (Wildman–Crippen MR) is 94.5 cm³/mol. The minimum atomic E-state index is -0.454. The molecule has 0 aromatic carbocycles. The summed E-state index contributed by atoms with van der Waals surface area (Å²) in [5.74, 6) is 0.270. The van der Waals surface area contributed by atoms with Crippen LogP contribution in [0.2, 0.25) is 0 Å². The van der Waals surface area contributed by atoms with Crippen molar-refractivity contribution in [1.29, 1.82) is 0 Å². The predicted octanol–water partition coefficient (Wildman–Crippen LogP) is 1.52. The van der Waals surface area contributed by atoms with E-state index in [9.17, 15) is 9.59 Å². The third kappa shape index (κ3) is 4.00. The monoisotopic (exact) mass is 359 g/mol. The molecule has 140 valence electrons. The largest absolute Gasteiger partial charge is 0.455 e. The molecule has 2 aromatic rings. The molecule has 2 atom stereocenters. The number of carbonyl (C=O) groups excluding carboxylic acids is 2. The lowest BCUT2D eigenvalue weighted by atomic mass is 9.86. The number of nitrogens with one attached hydrogen (secondary N) is 1. The van der Waals surface area contributed by atoms with Crippen LogP contribution in [0, 0.1) is 19.8 Å². The van der Waals surface area contributed by atoms with Crippen LogP contribution < -0.4 is 5.32 Å². The highest BCUT2D eigenvalue weighted by Gasteiger charge is 2.23. The summed E-state index contributed by atoms with van der Waals surface area (Å²) in [4.78, 5) is 32.6. The number of aromatic nitrogens is 4. The molecule has 26 heavy (non-hydrogen) atoms. The maximum absolute atomic E-state index is 12.2. The van der Waals surface area contributed by atoms with Crippen LogP contribution in [0.1, 0.15) is 49.6 Å². The number of esters is 1. The smallest absolute Gasteiger partial charge is 0.310 e. The summed E-state index contributed by atoms with van der Waals surface area (Å²) >= 11 is 0. The first-order valence-electron chi connectivity index (χ1n) is 9.06. The maximum Gasteiger partial charge on any atom is 0.310 e. The third-order valence-corrected chi connectivity index (χ3v) is 5.13. The molecule has 1 amide bonds. The molecule has 0 spiro atoms. The second-order valence-corrected chi connectivity index (χ2v) is 7.01. The van der Waals surface area contributed by atoms with Crippen molar-refractivity contribution in [3.8, 4) is 0 Å². The number of aryl methyl sites for hydroxylation is 2. The van der Waals surface area contributed by atoms with Gasteiger partial charge < -0.3 is 10.1 Å². The summed E-state index contributed by atoms with van der Waals surface area (Å²) in [6.07, 6.45) is 5.93. The van der Waals surface area contributed by atoms with E-state index < -0.39 is 5.97 Å². The van der Waals surface area contributed by atoms with Gasteiger partial charge in [-0.05, 0) is 32.6 Å². The summed E-state index contributed by atoms with van der Waals surface area (Å²) in [5, 5.41) is 7.08. The Bertz CT molecular complexity index is 817. The van der Waals surface area contributed by atoms with Crippen molar-refractivity contribution in [3.63, 3.8) is 0 Å². The second-order valence-electron chi connectivity index (χ2n) is 7.01. The Morgan fingerprint density at radius 2 is 2.08 bits per heavy atom. The standard InChI is InChI=1S/C18H25N5O3/c1-11-6-4-5-7-15(11)22-16(24)9-26-17(25)8-14-12(2)21-18-19-10-20-23(18)13(14)3/h10-11,15H,4-9H2,1-3H3,(H,22,24)/t11-,15+/m1/s1. The number of ether oxygens (including phenoxy) is 1. The van der Waals surface area contributed by atoms with Crippen molar-refractivity contribution in [2.45, 2.75) is 58.9 Å². The van der Waals surface area contributed by atoms with Gasteiger partial charge >= 0.3 is 5.97 Å². The average molecular weight is 359 g/mol. The normalized spacial score (nSPS) is 20.1. The fourth-order valence-corrected chi connectivity index (χ4v) is 3.53. The Balaban J connectivity index is 1.55. The summed E-state index contributed by atoms with van der Waals surface area (Å²) in [5.41, 5.74) is 2.25. The summed E-state index contributed by atoms with van der Waals surface area (Å²) in [6.45, 7) is 5.58. The molecule has 1 saturated carbocycles. The lowest BCUT2D eigenvalue weighted by molar-refractivity contribution is -0.148. The molecular formula is C18H25N5O3. The number of hydrogen-bond donors (Lipinski definition) is 1. The Morgan fingerprint density at radius 3 is 2.85 bits per heavy atom. The van der Waals surface area contributed by atoms with Crippen LogP contribution >= 0.6 is 0 Å². The van der Waals surface area contributed by atoms with E-state index in [0.29, 0.717) is 17.4 Å². The summed E-state index contributed by atoms with van der Waals surface area (Å²) in [6, 6.07) is 0.179. The van der Waals surface area contributed by atoms with Crippen LogP contribution in [0.5, 0.6) is 0 Å². The molecule has 1 aliphatic carbocycles. The molecule has 0 saturated heterocycles. The molecule has 8 heteroatoms. The second kappa shape index (κ2) is 7.80. The number of carbonyl (C=O) groups is 2. The van der Waals surface area contributed by atoms with Gasteiger partial charge in [-0.1, -0.05) is 19.8 Å². The number of amides is 1. The minimum absolute atomic E-state index is 0.0492. The molecule has 8 nitrogen and oxygen atoms in total. The summed E-state index contributed by atoms with van der Waals surface area (Å²) < 4.78 is 6.75. The highest BCUT2D eigenvalue weighted by molar-refractivity contribution is 5.81. The molecule has 1 N–H and O–H groups in total. The molecule has 0 aliphatic heterocycles. The Hall–Kier alpha value is -2.51. The number of nitrogens with zero attached hydrogens (tertiary/aromatic N) is 4. The fraction of sp³-hybridized carbons (Fsp3) is 0.611. The van der Waals surface area contributed by atoms with Crippen molar-refractivity contribution >= 4 is 17.7 Å². The van der Waals surface area contributed by atoms with Crippen LogP contribution in [-0.4, -0.2) is 44.1 Å². The van der Waals surface area contributed by atoms with E-state index in [1.54, 1.807) is 4.52 Å². The highest BCUT2D eigenvalue weighted by Crippen LogP contribution is 2.23. The van der Waals surface area contributed by atoms with Crippen LogP contribution in [0.25, 0.3) is 5.78 Å². The lowest BCUT2D eigenvalue weighted by Gasteiger charge is -2.29. The molecule has 2 heterocycles. The molecule has 0 bridgehead atoms. The zero-order chi connectivity index (χ0) is 18.7. The van der Waals surface area contributed by atoms with E-state index in [2.05, 4.69) is 27.3 Å². The minimum Gasteiger partial charge on any atom is -0.455 e. The van der Waals surface area contributed by atoms with Gasteiger partial charge in [0.05, 0.1) is 6.42 Å². The van der Waals surface area contributed by atoms with E-state index in [-0.39, 0.29) is 25.0 Å². The molecular weight excluding hydrogens is 334 g/mol. The number of rotatable bonds is 5. The molecule has 3 rings (SSSR count). The topological polar surface area (TPSA) is 98.5 Å². The first-order chi connectivity index (χ1) is 12.5. The van der Waals surface area contributed by atoms with Gasteiger partial charge in [-0.25, -0.2) is 9.50 Å². The van der Waals surface area contributed by atoms with Gasteiger partial charge in [-0.2, -0.15) is 10.1 Å². The van der Waals surface area contributed by atoms with Crippen LogP contribution in [0.15, 0.2) is 6.33 Å². The van der Waals surface area contributed by atoms with Crippen LogP contribution in [0.3, 0.4) is 0 Å². The van der Waals surface area contributed by atoms with Gasteiger partial charge in [-0.3, -0.25) is 9.59 Å². The van der Waals surface area contributed by atoms with Crippen LogP contribution in [-0.2, 0) is 20.7 Å². The van der Waals surface area contributed by atoms with Crippen LogP contribution in [0.4, 0.5) is 0 Å². The van der Waals surface area contributed by atoms with Gasteiger partial charge in [0.1, 0.15) is 6.33 Å². The Morgan fingerprint density at radius 1 is 1.31 bits per heavy atom. The molecule has 2 aromatic heterocycles. The van der Waals surface area contributed by atoms with Gasteiger partial charge in [-0.15, -0.1) is 0 Å². The van der Waals surface area contributed by atoms with Crippen molar-refractivity contribution in [3.05, 3.63) is 23.3 Å². The quantitative estimate of drug-likeness (QED) is 0.813. The zero-order valence-electron chi connectivity index (χ0n) is 15.5. The van der Waals surface area contributed by atoms with E-state index in [1.165, 1.54) is 12.7 Å². The van der Waals surface area contributed by atoms with E-state index in [0.717, 1.165) is 30.5 Å². The average Bonchev–Trinajstić information content (AvgIpc) is 3.07. The Kier molecular flexibility index (Phi) is 5.49. The zero-order valence-corrected chi connectivity index (χ0v) is 15.5. The Labute approximate surface area is 152 Å². The van der Waals surface area contributed by atoms with Crippen molar-refractivity contribution < 1.29 is 14.3 Å². The summed E-state index contributed by atoms with van der Waals surface area (Å²) in [7, 11) is 0. The van der Waals surface area contributed by atoms with E-state index in [1.807, 2.05) is 13.8 Å². The maximum atomic E-state index is 12.2. The highest BCUT2D eigenvalue weighted by atomic mass is 16.5. The van der Waals surface area contributed by atoms with Gasteiger partial charge in [0.15, 0.2) is 6.61 Å². The number of fused-ring (bicyclic) bond motifs is 1. The SMILES string of the molecule is Cc1nc2ncnn2c(C)c1CC(=O)OCC(=O)N[C@H]1CCCC[C@H]1C. The lowest BCUT2D eigenvalue weighted by Crippen LogP contribution is -2.43. The van der Waals surface area contributed by atoms with Gasteiger partial charge in [0, 0.05) is 23.0 Å². The van der Waals surface area contributed by atoms with Gasteiger partial charge in [0.2, 0.25) is 0 Å². The first-order valence-corrected chi connectivity index (χ1v) is 9.06. The van der Waals surface area contributed by atoms with E-state index in [4.69, 9.17) is 4.74 Å². The van der Waals surface area contributed by atoms with E-state index >= 15 is 0 Å². The third-order valence-electron chi connectivity index (χ3n) is 5.13. The number of hydrogen-bond acceptors (Lipinski definition) is 6. The fourth-order valence-electron chi connectivity index (χ4n) is 3.53. The molecule has 0 radical (unpaired) electrons.